The van der Waals surface area contributed by atoms with Gasteiger partial charge in [0.25, 0.3) is 0 Å². The second-order valence-electron chi connectivity index (χ2n) is 7.86. The second kappa shape index (κ2) is 7.04. The lowest BCUT2D eigenvalue weighted by Crippen LogP contribution is -2.27. The summed E-state index contributed by atoms with van der Waals surface area (Å²) in [4.78, 5) is 9.19. The van der Waals surface area contributed by atoms with E-state index in [0.717, 1.165) is 33.7 Å². The van der Waals surface area contributed by atoms with E-state index in [1.54, 1.807) is 30.9 Å². The first-order chi connectivity index (χ1) is 14.8. The number of furan rings is 1. The highest BCUT2D eigenvalue weighted by Crippen LogP contribution is 2.37. The lowest BCUT2D eigenvalue weighted by molar-refractivity contribution is 0.568. The van der Waals surface area contributed by atoms with Crippen LogP contribution in [-0.2, 0) is 15.4 Å². The van der Waals surface area contributed by atoms with Crippen molar-refractivity contribution in [2.75, 3.05) is 0 Å². The van der Waals surface area contributed by atoms with Crippen LogP contribution in [0, 0.1) is 0 Å². The maximum Gasteiger partial charge on any atom is 0.234 e. The van der Waals surface area contributed by atoms with Crippen molar-refractivity contribution in [1.29, 1.82) is 0 Å². The predicted octanol–water partition coefficient (Wildman–Crippen LogP) is 4.05. The minimum absolute atomic E-state index is 0.224. The van der Waals surface area contributed by atoms with Crippen LogP contribution in [0.15, 0.2) is 89.0 Å². The molecule has 8 heteroatoms. The van der Waals surface area contributed by atoms with Crippen molar-refractivity contribution in [2.45, 2.75) is 18.8 Å². The molecule has 0 bridgehead atoms. The molecule has 0 saturated carbocycles. The van der Waals surface area contributed by atoms with Gasteiger partial charge in [-0.05, 0) is 42.3 Å². The molecule has 4 heterocycles. The topological polar surface area (TPSA) is 103 Å². The Morgan fingerprint density at radius 1 is 1.16 bits per heavy atom. The SMILES string of the molecule is CC1(c2ccc3ncc(-c4ccnc(-c5ccoc5)c4)n3c2)C=CC=C(S(N)(=O)=O)C1. The lowest BCUT2D eigenvalue weighted by Gasteiger charge is -2.29. The highest BCUT2D eigenvalue weighted by molar-refractivity contribution is 7.93. The van der Waals surface area contributed by atoms with E-state index >= 15 is 0 Å². The molecule has 156 valence electrons. The first-order valence-electron chi connectivity index (χ1n) is 9.71. The number of hydrogen-bond donors (Lipinski definition) is 1. The average molecular weight is 433 g/mol. The van der Waals surface area contributed by atoms with E-state index in [1.165, 1.54) is 0 Å². The van der Waals surface area contributed by atoms with E-state index in [0.29, 0.717) is 6.42 Å². The molecular weight excluding hydrogens is 412 g/mol. The van der Waals surface area contributed by atoms with Gasteiger partial charge in [-0.3, -0.25) is 9.38 Å². The molecule has 5 rings (SSSR count). The van der Waals surface area contributed by atoms with E-state index in [-0.39, 0.29) is 4.91 Å². The van der Waals surface area contributed by atoms with Gasteiger partial charge in [-0.1, -0.05) is 25.1 Å². The molecule has 1 aliphatic rings. The summed E-state index contributed by atoms with van der Waals surface area (Å²) in [6.45, 7) is 2.00. The quantitative estimate of drug-likeness (QED) is 0.524. The first kappa shape index (κ1) is 19.5. The fraction of sp³-hybridized carbons (Fsp3) is 0.130. The van der Waals surface area contributed by atoms with Crippen LogP contribution in [-0.4, -0.2) is 22.8 Å². The lowest BCUT2D eigenvalue weighted by atomic mass is 9.78. The summed E-state index contributed by atoms with van der Waals surface area (Å²) in [5, 5.41) is 5.38. The third-order valence-electron chi connectivity index (χ3n) is 5.69. The Bertz CT molecular complexity index is 1450. The van der Waals surface area contributed by atoms with Gasteiger partial charge < -0.3 is 4.42 Å². The van der Waals surface area contributed by atoms with Crippen LogP contribution >= 0.6 is 0 Å². The standard InChI is InChI=1S/C23H20N4O3S/c1-23(8-2-3-19(12-23)31(24,28)29)18-4-5-22-26-13-21(27(22)14-18)16-6-9-25-20(11-16)17-7-10-30-15-17/h2-11,13-15H,12H2,1H3,(H2,24,28,29). The molecule has 0 aliphatic heterocycles. The van der Waals surface area contributed by atoms with Gasteiger partial charge in [0.05, 0.1) is 35.0 Å². The van der Waals surface area contributed by atoms with Crippen LogP contribution in [0.1, 0.15) is 18.9 Å². The molecule has 4 aromatic heterocycles. The number of nitrogens with zero attached hydrogens (tertiary/aromatic N) is 3. The predicted molar refractivity (Wildman–Crippen MR) is 118 cm³/mol. The number of allylic oxidation sites excluding steroid dienone is 4. The number of rotatable bonds is 4. The van der Waals surface area contributed by atoms with E-state index < -0.39 is 15.4 Å². The van der Waals surface area contributed by atoms with E-state index in [2.05, 4.69) is 9.97 Å². The van der Waals surface area contributed by atoms with Crippen molar-refractivity contribution < 1.29 is 12.8 Å². The van der Waals surface area contributed by atoms with Crippen molar-refractivity contribution in [3.63, 3.8) is 0 Å². The number of primary sulfonamides is 1. The third kappa shape index (κ3) is 3.49. The Kier molecular flexibility index (Phi) is 4.42. The van der Waals surface area contributed by atoms with Crippen molar-refractivity contribution in [2.24, 2.45) is 5.14 Å². The Hall–Kier alpha value is -3.49. The number of imidazole rings is 1. The second-order valence-corrected chi connectivity index (χ2v) is 9.48. The molecule has 0 aromatic carbocycles. The van der Waals surface area contributed by atoms with E-state index in [1.807, 2.05) is 60.1 Å². The van der Waals surface area contributed by atoms with Gasteiger partial charge >= 0.3 is 0 Å². The van der Waals surface area contributed by atoms with Crippen molar-refractivity contribution in [1.82, 2.24) is 14.4 Å². The summed E-state index contributed by atoms with van der Waals surface area (Å²) in [5.41, 5.74) is 4.84. The number of nitrogens with two attached hydrogens (primary N) is 1. The maximum atomic E-state index is 11.9. The van der Waals surface area contributed by atoms with Gasteiger partial charge in [0, 0.05) is 28.9 Å². The molecule has 31 heavy (non-hydrogen) atoms. The van der Waals surface area contributed by atoms with Gasteiger partial charge in [-0.2, -0.15) is 0 Å². The molecule has 7 nitrogen and oxygen atoms in total. The van der Waals surface area contributed by atoms with E-state index in [9.17, 15) is 8.42 Å². The highest BCUT2D eigenvalue weighted by atomic mass is 32.2. The molecule has 1 unspecified atom stereocenters. The first-order valence-corrected chi connectivity index (χ1v) is 11.3. The summed E-state index contributed by atoms with van der Waals surface area (Å²) < 4.78 is 31.0. The molecule has 2 N–H and O–H groups in total. The minimum Gasteiger partial charge on any atom is -0.472 e. The smallest absolute Gasteiger partial charge is 0.234 e. The van der Waals surface area contributed by atoms with Crippen LogP contribution in [0.3, 0.4) is 0 Å². The Morgan fingerprint density at radius 3 is 2.81 bits per heavy atom. The fourth-order valence-electron chi connectivity index (χ4n) is 3.93. The van der Waals surface area contributed by atoms with Crippen molar-refractivity contribution in [3.8, 4) is 22.5 Å². The number of sulfonamides is 1. The summed E-state index contributed by atoms with van der Waals surface area (Å²) in [6, 6.07) is 9.71. The maximum absolute atomic E-state index is 11.9. The summed E-state index contributed by atoms with van der Waals surface area (Å²) in [7, 11) is -3.74. The molecule has 0 amide bonds. The van der Waals surface area contributed by atoms with Crippen LogP contribution in [0.5, 0.6) is 0 Å². The molecule has 0 fully saturated rings. The van der Waals surface area contributed by atoms with Crippen LogP contribution in [0.4, 0.5) is 0 Å². The van der Waals surface area contributed by atoms with Crippen molar-refractivity contribution in [3.05, 3.63) is 90.1 Å². The largest absolute Gasteiger partial charge is 0.472 e. The van der Waals surface area contributed by atoms with Gasteiger partial charge in [0.15, 0.2) is 0 Å². The zero-order valence-electron chi connectivity index (χ0n) is 16.8. The van der Waals surface area contributed by atoms with Gasteiger partial charge in [0.2, 0.25) is 10.0 Å². The third-order valence-corrected chi connectivity index (χ3v) is 6.70. The normalized spacial score (nSPS) is 19.0. The summed E-state index contributed by atoms with van der Waals surface area (Å²) in [6.07, 6.45) is 14.5. The number of hydrogen-bond acceptors (Lipinski definition) is 5. The Morgan fingerprint density at radius 2 is 2.03 bits per heavy atom. The Labute approximate surface area is 179 Å². The highest BCUT2D eigenvalue weighted by Gasteiger charge is 2.31. The average Bonchev–Trinajstić information content (AvgIpc) is 3.43. The molecule has 4 aromatic rings. The van der Waals surface area contributed by atoms with Crippen LogP contribution in [0.25, 0.3) is 28.2 Å². The monoisotopic (exact) mass is 432 g/mol. The minimum atomic E-state index is -3.74. The molecule has 0 radical (unpaired) electrons. The van der Waals surface area contributed by atoms with Crippen LogP contribution < -0.4 is 5.14 Å². The molecule has 1 aliphatic carbocycles. The van der Waals surface area contributed by atoms with E-state index in [4.69, 9.17) is 9.56 Å². The van der Waals surface area contributed by atoms with Crippen molar-refractivity contribution >= 4 is 15.7 Å². The molecule has 0 spiro atoms. The van der Waals surface area contributed by atoms with Gasteiger partial charge in [-0.25, -0.2) is 18.5 Å². The number of fused-ring (bicyclic) bond motifs is 1. The zero-order valence-corrected chi connectivity index (χ0v) is 17.6. The number of pyridine rings is 2. The summed E-state index contributed by atoms with van der Waals surface area (Å²) >= 11 is 0. The zero-order chi connectivity index (χ0) is 21.6. The van der Waals surface area contributed by atoms with Gasteiger partial charge in [0.1, 0.15) is 5.65 Å². The molecule has 0 saturated heterocycles. The van der Waals surface area contributed by atoms with Crippen LogP contribution in [0.2, 0.25) is 0 Å². The number of aromatic nitrogens is 3. The fourth-order valence-corrected chi connectivity index (χ4v) is 4.70. The Balaban J connectivity index is 1.58. The van der Waals surface area contributed by atoms with Gasteiger partial charge in [-0.15, -0.1) is 0 Å². The molecule has 1 atom stereocenters. The molecular formula is C23H20N4O3S. The summed E-state index contributed by atoms with van der Waals surface area (Å²) in [5.74, 6) is 0.